The van der Waals surface area contributed by atoms with Crippen molar-refractivity contribution in [1.82, 2.24) is 0 Å². The van der Waals surface area contributed by atoms with Gasteiger partial charge in [0.2, 0.25) is 0 Å². The van der Waals surface area contributed by atoms with Crippen molar-refractivity contribution < 1.29 is 22.8 Å². The minimum atomic E-state index is -4.53. The van der Waals surface area contributed by atoms with Gasteiger partial charge in [-0.25, -0.2) is 0 Å². The third-order valence-electron chi connectivity index (χ3n) is 3.35. The van der Waals surface area contributed by atoms with Crippen LogP contribution in [0.5, 0.6) is 0 Å². The van der Waals surface area contributed by atoms with Crippen LogP contribution in [-0.2, 0) is 16.5 Å². The fraction of sp³-hybridized carbons (Fsp3) is 0.143. The second-order valence-electron chi connectivity index (χ2n) is 5.06. The van der Waals surface area contributed by atoms with Crippen LogP contribution in [0.15, 0.2) is 41.3 Å². The minimum absolute atomic E-state index is 0.0234. The summed E-state index contributed by atoms with van der Waals surface area (Å²) in [5.41, 5.74) is -0.625. The zero-order valence-electron chi connectivity index (χ0n) is 12.4. The first-order chi connectivity index (χ1) is 11.1. The number of hydrogen-bond donors (Lipinski definition) is 1. The predicted molar refractivity (Wildman–Crippen MR) is 83.6 cm³/mol. The topological polar surface area (TPSA) is 141 Å². The number of nitro groups is 2. The summed E-state index contributed by atoms with van der Waals surface area (Å²) in [6, 6.07) is 7.69. The largest absolute Gasteiger partial charge is 0.349 e. The number of nitrogens with zero attached hydrogens (tertiary/aromatic N) is 2. The average molecular weight is 352 g/mol. The Morgan fingerprint density at radius 3 is 2.25 bits per heavy atom. The van der Waals surface area contributed by atoms with Crippen LogP contribution in [0.25, 0.3) is 0 Å². The molecule has 0 radical (unpaired) electrons. The minimum Gasteiger partial charge on any atom is -0.282 e. The van der Waals surface area contributed by atoms with Gasteiger partial charge in [-0.1, -0.05) is 29.8 Å². The maximum atomic E-state index is 11.5. The van der Waals surface area contributed by atoms with E-state index >= 15 is 0 Å². The van der Waals surface area contributed by atoms with E-state index in [4.69, 9.17) is 0 Å². The van der Waals surface area contributed by atoms with Crippen molar-refractivity contribution in [3.05, 3.63) is 73.3 Å². The van der Waals surface area contributed by atoms with E-state index in [1.165, 1.54) is 30.3 Å². The van der Waals surface area contributed by atoms with Gasteiger partial charge < -0.3 is 0 Å². The number of aryl methyl sites for hydroxylation is 1. The summed E-state index contributed by atoms with van der Waals surface area (Å²) >= 11 is 0. The van der Waals surface area contributed by atoms with Gasteiger partial charge in [0.25, 0.3) is 10.1 Å². The molecule has 0 saturated heterocycles. The van der Waals surface area contributed by atoms with Gasteiger partial charge in [-0.15, -0.1) is 0 Å². The molecule has 0 atom stereocenters. The first-order valence-corrected chi connectivity index (χ1v) is 8.03. The Morgan fingerprint density at radius 1 is 1.04 bits per heavy atom. The van der Waals surface area contributed by atoms with Gasteiger partial charge in [0, 0.05) is 18.1 Å². The molecule has 0 bridgehead atoms. The van der Waals surface area contributed by atoms with Crippen LogP contribution in [0.4, 0.5) is 11.4 Å². The summed E-state index contributed by atoms with van der Waals surface area (Å²) in [5.74, 6) is 0. The van der Waals surface area contributed by atoms with Gasteiger partial charge >= 0.3 is 11.4 Å². The lowest BCUT2D eigenvalue weighted by atomic mass is 10.0. The molecule has 2 rings (SSSR count). The van der Waals surface area contributed by atoms with Gasteiger partial charge in [0.1, 0.15) is 0 Å². The van der Waals surface area contributed by atoms with Crippen LogP contribution in [0.2, 0.25) is 0 Å². The Hall–Kier alpha value is -2.85. The molecule has 126 valence electrons. The lowest BCUT2D eigenvalue weighted by Gasteiger charge is -2.09. The van der Waals surface area contributed by atoms with Crippen LogP contribution in [-0.4, -0.2) is 22.8 Å². The highest BCUT2D eigenvalue weighted by Gasteiger charge is 2.29. The lowest BCUT2D eigenvalue weighted by Crippen LogP contribution is -2.06. The van der Waals surface area contributed by atoms with Crippen molar-refractivity contribution in [2.45, 2.75) is 18.2 Å². The highest BCUT2D eigenvalue weighted by atomic mass is 32.2. The smallest absolute Gasteiger partial charge is 0.282 e. The number of rotatable bonds is 5. The Balaban J connectivity index is 2.66. The van der Waals surface area contributed by atoms with E-state index in [1.807, 2.05) is 0 Å². The van der Waals surface area contributed by atoms with Gasteiger partial charge in [-0.05, 0) is 18.6 Å². The highest BCUT2D eigenvalue weighted by molar-refractivity contribution is 7.85. The second kappa shape index (κ2) is 6.34. The summed E-state index contributed by atoms with van der Waals surface area (Å²) < 4.78 is 32.2. The molecule has 0 unspecified atom stereocenters. The third kappa shape index (κ3) is 3.55. The van der Waals surface area contributed by atoms with Crippen LogP contribution >= 0.6 is 0 Å². The van der Waals surface area contributed by atoms with Crippen molar-refractivity contribution >= 4 is 21.5 Å². The molecule has 0 aliphatic carbocycles. The first-order valence-electron chi connectivity index (χ1n) is 6.59. The van der Waals surface area contributed by atoms with Gasteiger partial charge in [0.15, 0.2) is 0 Å². The Labute approximate surface area is 136 Å². The van der Waals surface area contributed by atoms with E-state index < -0.39 is 36.2 Å². The van der Waals surface area contributed by atoms with Crippen LogP contribution < -0.4 is 0 Å². The summed E-state index contributed by atoms with van der Waals surface area (Å²) in [5, 5.41) is 22.2. The molecule has 0 saturated carbocycles. The van der Waals surface area contributed by atoms with Crippen molar-refractivity contribution in [2.24, 2.45) is 0 Å². The summed E-state index contributed by atoms with van der Waals surface area (Å²) in [7, 11) is -4.53. The van der Waals surface area contributed by atoms with Crippen molar-refractivity contribution in [1.29, 1.82) is 0 Å². The summed E-state index contributed by atoms with van der Waals surface area (Å²) in [4.78, 5) is 20.0. The Kier molecular flexibility index (Phi) is 4.62. The molecule has 0 aliphatic heterocycles. The standard InChI is InChI=1S/C14H12N2O7S/c1-9-5-6-13(24(21,22)23)11(7-9)8-10-3-2-4-12(15(17)18)14(10)16(19)20/h2-7H,8H2,1H3,(H,21,22,23). The quantitative estimate of drug-likeness (QED) is 0.495. The van der Waals surface area contributed by atoms with Gasteiger partial charge in [-0.3, -0.25) is 24.8 Å². The van der Waals surface area contributed by atoms with Crippen LogP contribution in [0, 0.1) is 27.2 Å². The number of para-hydroxylation sites is 1. The van der Waals surface area contributed by atoms with Crippen molar-refractivity contribution in [2.75, 3.05) is 0 Å². The molecular weight excluding hydrogens is 340 g/mol. The van der Waals surface area contributed by atoms with Crippen LogP contribution in [0.3, 0.4) is 0 Å². The average Bonchev–Trinajstić information content (AvgIpc) is 2.45. The molecule has 1 N–H and O–H groups in total. The highest BCUT2D eigenvalue weighted by Crippen LogP contribution is 2.33. The second-order valence-corrected chi connectivity index (χ2v) is 6.45. The Bertz CT molecular complexity index is 938. The molecule has 10 heteroatoms. The summed E-state index contributed by atoms with van der Waals surface area (Å²) in [6.07, 6.45) is -0.255. The molecule has 0 aromatic heterocycles. The zero-order chi connectivity index (χ0) is 18.1. The SMILES string of the molecule is Cc1ccc(S(=O)(=O)O)c(Cc2cccc([N+](=O)[O-])c2[N+](=O)[O-])c1. The number of benzene rings is 2. The van der Waals surface area contributed by atoms with E-state index in [0.717, 1.165) is 6.07 Å². The van der Waals surface area contributed by atoms with E-state index in [0.29, 0.717) is 5.56 Å². The van der Waals surface area contributed by atoms with Crippen molar-refractivity contribution in [3.63, 3.8) is 0 Å². The summed E-state index contributed by atoms with van der Waals surface area (Å²) in [6.45, 7) is 1.68. The molecule has 9 nitrogen and oxygen atoms in total. The molecule has 0 fully saturated rings. The van der Waals surface area contributed by atoms with Crippen LogP contribution in [0.1, 0.15) is 16.7 Å². The lowest BCUT2D eigenvalue weighted by molar-refractivity contribution is -0.422. The van der Waals surface area contributed by atoms with Gasteiger partial charge in [0.05, 0.1) is 14.7 Å². The third-order valence-corrected chi connectivity index (χ3v) is 4.31. The molecule has 2 aromatic carbocycles. The maximum Gasteiger partial charge on any atom is 0.349 e. The molecule has 0 spiro atoms. The number of hydrogen-bond acceptors (Lipinski definition) is 6. The predicted octanol–water partition coefficient (Wildman–Crippen LogP) is 2.65. The van der Waals surface area contributed by atoms with E-state index in [-0.39, 0.29) is 17.5 Å². The van der Waals surface area contributed by atoms with E-state index in [2.05, 4.69) is 0 Å². The van der Waals surface area contributed by atoms with Gasteiger partial charge in [-0.2, -0.15) is 8.42 Å². The molecule has 24 heavy (non-hydrogen) atoms. The van der Waals surface area contributed by atoms with E-state index in [9.17, 15) is 33.2 Å². The molecular formula is C14H12N2O7S. The first kappa shape index (κ1) is 17.5. The fourth-order valence-corrected chi connectivity index (χ4v) is 3.08. The van der Waals surface area contributed by atoms with E-state index in [1.54, 1.807) is 6.92 Å². The monoisotopic (exact) mass is 352 g/mol. The molecule has 0 aliphatic rings. The zero-order valence-corrected chi connectivity index (χ0v) is 13.2. The fourth-order valence-electron chi connectivity index (χ4n) is 2.38. The molecule has 0 amide bonds. The Morgan fingerprint density at radius 2 is 1.71 bits per heavy atom. The normalized spacial score (nSPS) is 11.2. The van der Waals surface area contributed by atoms with Crippen molar-refractivity contribution in [3.8, 4) is 0 Å². The molecule has 2 aromatic rings. The molecule has 0 heterocycles. The maximum absolute atomic E-state index is 11.5. The number of nitro benzene ring substituents is 2.